The maximum absolute atomic E-state index is 13.6. The average Bonchev–Trinajstić information content (AvgIpc) is 3.11. The molecule has 2 saturated heterocycles. The van der Waals surface area contributed by atoms with Crippen LogP contribution in [0.15, 0.2) is 0 Å². The van der Waals surface area contributed by atoms with Gasteiger partial charge in [-0.15, -0.1) is 0 Å². The lowest BCUT2D eigenvalue weighted by Gasteiger charge is -2.40. The van der Waals surface area contributed by atoms with Gasteiger partial charge >= 0.3 is 0 Å². The van der Waals surface area contributed by atoms with Crippen molar-refractivity contribution in [3.05, 3.63) is 0 Å². The molecular weight excluding hydrogens is 397 g/mol. The predicted octanol–water partition coefficient (Wildman–Crippen LogP) is 2.03. The summed E-state index contributed by atoms with van der Waals surface area (Å²) in [7, 11) is 0. The number of halogens is 1. The van der Waals surface area contributed by atoms with Crippen LogP contribution in [0.1, 0.15) is 64.2 Å². The number of rotatable bonds is 5. The van der Waals surface area contributed by atoms with E-state index in [1.54, 1.807) is 0 Å². The van der Waals surface area contributed by atoms with Gasteiger partial charge in [0.25, 0.3) is 0 Å². The molecule has 0 radical (unpaired) electrons. The molecule has 2 heterocycles. The minimum Gasteiger partial charge on any atom is -0.387 e. The van der Waals surface area contributed by atoms with Gasteiger partial charge in [0.15, 0.2) is 0 Å². The quantitative estimate of drug-likeness (QED) is 0.452. The number of hydrogen-bond acceptors (Lipinski definition) is 4. The molecule has 0 aromatic rings. The highest BCUT2D eigenvalue weighted by molar-refractivity contribution is 5.83. The average molecular weight is 436 g/mol. The number of carbonyl (C=O) groups excluding carboxylic acids is 2. The van der Waals surface area contributed by atoms with Crippen molar-refractivity contribution in [1.29, 1.82) is 5.41 Å². The van der Waals surface area contributed by atoms with Crippen LogP contribution in [0, 0.1) is 29.1 Å². The third kappa shape index (κ3) is 4.89. The first kappa shape index (κ1) is 22.5. The second-order valence-electron chi connectivity index (χ2n) is 10.4. The molecule has 4 unspecified atom stereocenters. The van der Waals surface area contributed by atoms with Crippen molar-refractivity contribution in [2.24, 2.45) is 35.1 Å². The zero-order chi connectivity index (χ0) is 22.1. The summed E-state index contributed by atoms with van der Waals surface area (Å²) in [4.78, 5) is 29.3. The van der Waals surface area contributed by atoms with Gasteiger partial charge in [-0.1, -0.05) is 0 Å². The molecule has 174 valence electrons. The van der Waals surface area contributed by atoms with Gasteiger partial charge in [0.05, 0.1) is 11.9 Å². The van der Waals surface area contributed by atoms with E-state index in [1.165, 1.54) is 0 Å². The summed E-state index contributed by atoms with van der Waals surface area (Å²) in [5.41, 5.74) is 11.4. The Morgan fingerprint density at radius 3 is 2.16 bits per heavy atom. The lowest BCUT2D eigenvalue weighted by Crippen LogP contribution is -2.52. The summed E-state index contributed by atoms with van der Waals surface area (Å²) in [5, 5.41) is 7.94. The smallest absolute Gasteiger partial charge is 0.239 e. The zero-order valence-electron chi connectivity index (χ0n) is 18.5. The van der Waals surface area contributed by atoms with Gasteiger partial charge in [0.2, 0.25) is 11.8 Å². The van der Waals surface area contributed by atoms with E-state index in [2.05, 4.69) is 4.90 Å². The molecule has 0 aromatic carbocycles. The summed E-state index contributed by atoms with van der Waals surface area (Å²) in [6, 6.07) is 0.134. The molecule has 4 rings (SSSR count). The molecule has 0 bridgehead atoms. The summed E-state index contributed by atoms with van der Waals surface area (Å²) in [6.45, 7) is 1.88. The lowest BCUT2D eigenvalue weighted by atomic mass is 9.77. The molecule has 31 heavy (non-hydrogen) atoms. The number of nitrogens with zero attached hydrogens (tertiary/aromatic N) is 2. The fraction of sp³-hybridized carbons (Fsp3) is 0.870. The van der Waals surface area contributed by atoms with Crippen molar-refractivity contribution in [1.82, 2.24) is 9.80 Å². The van der Waals surface area contributed by atoms with E-state index in [1.807, 2.05) is 4.90 Å². The van der Waals surface area contributed by atoms with E-state index in [9.17, 15) is 14.0 Å². The number of nitrogens with one attached hydrogen (secondary N) is 1. The lowest BCUT2D eigenvalue weighted by molar-refractivity contribution is -0.138. The number of hydrogen-bond donors (Lipinski definition) is 3. The normalized spacial score (nSPS) is 37.4. The number of fused-ring (bicyclic) bond motifs is 1. The van der Waals surface area contributed by atoms with Crippen LogP contribution in [0.25, 0.3) is 0 Å². The summed E-state index contributed by atoms with van der Waals surface area (Å²) < 4.78 is 13.6. The molecule has 2 saturated carbocycles. The first-order chi connectivity index (χ1) is 14.8. The van der Waals surface area contributed by atoms with Crippen LogP contribution >= 0.6 is 0 Å². The van der Waals surface area contributed by atoms with Crippen LogP contribution in [-0.4, -0.2) is 65.3 Å². The van der Waals surface area contributed by atoms with Gasteiger partial charge in [-0.2, -0.15) is 0 Å². The Morgan fingerprint density at radius 2 is 1.55 bits per heavy atom. The number of piperidine rings is 1. The minimum atomic E-state index is -0.789. The maximum Gasteiger partial charge on any atom is 0.239 e. The Morgan fingerprint density at radius 1 is 0.903 bits per heavy atom. The van der Waals surface area contributed by atoms with Gasteiger partial charge in [-0.3, -0.25) is 19.9 Å². The number of likely N-dealkylation sites (tertiary alicyclic amines) is 2. The zero-order valence-corrected chi connectivity index (χ0v) is 18.5. The molecule has 4 atom stereocenters. The molecule has 2 aliphatic heterocycles. The fourth-order valence-electron chi connectivity index (χ4n) is 6.54. The van der Waals surface area contributed by atoms with Crippen LogP contribution in [0.5, 0.6) is 0 Å². The second kappa shape index (κ2) is 9.43. The molecule has 4 aliphatic rings. The first-order valence-electron chi connectivity index (χ1n) is 12.1. The van der Waals surface area contributed by atoms with Gasteiger partial charge in [0, 0.05) is 37.5 Å². The van der Waals surface area contributed by atoms with E-state index in [0.717, 1.165) is 57.9 Å². The largest absolute Gasteiger partial charge is 0.387 e. The van der Waals surface area contributed by atoms with Gasteiger partial charge < -0.3 is 16.4 Å². The molecular formula is C23H38FN5O2. The van der Waals surface area contributed by atoms with Crippen LogP contribution in [0.3, 0.4) is 0 Å². The van der Waals surface area contributed by atoms with Crippen LogP contribution in [0.4, 0.5) is 4.39 Å². The Hall–Kier alpha value is -1.70. The number of carbonyl (C=O) groups is 2. The van der Waals surface area contributed by atoms with Crippen LogP contribution < -0.4 is 11.5 Å². The van der Waals surface area contributed by atoms with Crippen LogP contribution in [-0.2, 0) is 9.59 Å². The van der Waals surface area contributed by atoms with E-state index >= 15 is 0 Å². The Labute approximate surface area is 184 Å². The standard InChI is InChI=1S/C23H38FN5O2/c24-18-7-9-28(10-8-18)23(31)20-11-16-5-6-17(21(25)26)12-19(16)29(20)13-14-1-3-15(4-2-14)22(27)30/h14-20H,1-13H2,(H3,25,26)(H2,27,30). The van der Waals surface area contributed by atoms with E-state index in [4.69, 9.17) is 16.9 Å². The number of amides is 2. The number of alkyl halides is 1. The predicted molar refractivity (Wildman–Crippen MR) is 117 cm³/mol. The van der Waals surface area contributed by atoms with E-state index in [-0.39, 0.29) is 41.6 Å². The van der Waals surface area contributed by atoms with Gasteiger partial charge in [0.1, 0.15) is 6.17 Å². The molecule has 2 aliphatic carbocycles. The second-order valence-corrected chi connectivity index (χ2v) is 10.4. The highest BCUT2D eigenvalue weighted by Gasteiger charge is 2.49. The van der Waals surface area contributed by atoms with Crippen molar-refractivity contribution < 1.29 is 14.0 Å². The number of primary amides is 1. The van der Waals surface area contributed by atoms with Crippen molar-refractivity contribution in [2.45, 2.75) is 82.5 Å². The van der Waals surface area contributed by atoms with Gasteiger partial charge in [-0.25, -0.2) is 4.39 Å². The summed E-state index contributed by atoms with van der Waals surface area (Å²) >= 11 is 0. The summed E-state index contributed by atoms with van der Waals surface area (Å²) in [6.07, 6.45) is 7.34. The maximum atomic E-state index is 13.6. The first-order valence-corrected chi connectivity index (χ1v) is 12.1. The minimum absolute atomic E-state index is 0.0150. The highest BCUT2D eigenvalue weighted by atomic mass is 19.1. The highest BCUT2D eigenvalue weighted by Crippen LogP contribution is 2.44. The molecule has 8 heteroatoms. The number of amidine groups is 1. The third-order valence-corrected chi connectivity index (χ3v) is 8.49. The molecule has 4 fully saturated rings. The summed E-state index contributed by atoms with van der Waals surface area (Å²) in [5.74, 6) is 1.24. The molecule has 0 spiro atoms. The molecule has 7 nitrogen and oxygen atoms in total. The molecule has 0 aromatic heterocycles. The van der Waals surface area contributed by atoms with E-state index < -0.39 is 6.17 Å². The van der Waals surface area contributed by atoms with E-state index in [0.29, 0.717) is 37.8 Å². The Bertz CT molecular complexity index is 687. The van der Waals surface area contributed by atoms with Crippen molar-refractivity contribution in [3.63, 3.8) is 0 Å². The van der Waals surface area contributed by atoms with Crippen LogP contribution in [0.2, 0.25) is 0 Å². The fourth-order valence-corrected chi connectivity index (χ4v) is 6.54. The van der Waals surface area contributed by atoms with Crippen molar-refractivity contribution >= 4 is 17.6 Å². The SMILES string of the molecule is N=C(N)C1CCC2CC(C(=O)N3CCC(F)CC3)N(CC3CCC(C(N)=O)CC3)C2C1. The molecule has 5 N–H and O–H groups in total. The Kier molecular flexibility index (Phi) is 6.84. The van der Waals surface area contributed by atoms with Crippen molar-refractivity contribution in [2.75, 3.05) is 19.6 Å². The van der Waals surface area contributed by atoms with Crippen molar-refractivity contribution in [3.8, 4) is 0 Å². The number of nitrogens with two attached hydrogens (primary N) is 2. The monoisotopic (exact) mass is 435 g/mol. The topological polar surface area (TPSA) is 117 Å². The molecule has 2 amide bonds. The Balaban J connectivity index is 1.47. The van der Waals surface area contributed by atoms with Gasteiger partial charge in [-0.05, 0) is 76.0 Å². The third-order valence-electron chi connectivity index (χ3n) is 8.49.